The summed E-state index contributed by atoms with van der Waals surface area (Å²) in [4.78, 5) is 31.3. The van der Waals surface area contributed by atoms with E-state index in [1.165, 1.54) is 34.8 Å². The van der Waals surface area contributed by atoms with Gasteiger partial charge in [0.15, 0.2) is 0 Å². The zero-order valence-corrected chi connectivity index (χ0v) is 30.6. The van der Waals surface area contributed by atoms with Crippen LogP contribution in [-0.2, 0) is 28.1 Å². The third kappa shape index (κ3) is 7.55. The number of benzene rings is 2. The van der Waals surface area contributed by atoms with Crippen molar-refractivity contribution < 1.29 is 24.9 Å². The number of aliphatic hydroxyl groups excluding tert-OH is 1. The molecule has 4 aromatic heterocycles. The van der Waals surface area contributed by atoms with Crippen LogP contribution in [0, 0.1) is 0 Å². The number of aryl methyl sites for hydroxylation is 2. The lowest BCUT2D eigenvalue weighted by Crippen LogP contribution is -2.42. The molecule has 272 valence electrons. The molecule has 0 bridgehead atoms. The van der Waals surface area contributed by atoms with Gasteiger partial charge in [-0.2, -0.15) is 0 Å². The molecule has 13 heteroatoms. The first kappa shape index (κ1) is 36.0. The van der Waals surface area contributed by atoms with Crippen LogP contribution in [-0.4, -0.2) is 71.9 Å². The summed E-state index contributed by atoms with van der Waals surface area (Å²) in [6.45, 7) is 1.65. The lowest BCUT2D eigenvalue weighted by atomic mass is 9.91. The normalized spacial score (nSPS) is 17.2. The summed E-state index contributed by atoms with van der Waals surface area (Å²) >= 11 is 2.71. The van der Waals surface area contributed by atoms with Crippen LogP contribution >= 0.6 is 22.7 Å². The number of ether oxygens (including phenoxy) is 1. The van der Waals surface area contributed by atoms with Gasteiger partial charge in [-0.1, -0.05) is 29.5 Å². The maximum absolute atomic E-state index is 13.4. The quantitative estimate of drug-likeness (QED) is 0.0947. The highest BCUT2D eigenvalue weighted by Gasteiger charge is 2.45. The van der Waals surface area contributed by atoms with Gasteiger partial charge in [0, 0.05) is 24.0 Å². The first-order valence-corrected chi connectivity index (χ1v) is 19.5. The Balaban J connectivity index is 0.861. The molecular weight excluding hydrogens is 699 g/mol. The fourth-order valence-corrected chi connectivity index (χ4v) is 9.04. The van der Waals surface area contributed by atoms with E-state index < -0.39 is 17.7 Å². The molecule has 1 atom stereocenters. The SMILES string of the molecule is CN(CCCn1nnc2cc(CCC[C@H](O)c3ccc(O)c4[nH]c(=O)ccc34)ccc21)C1CCC(OC(=O)C(O)(c2cccs2)c2cccs2)CC1. The molecular formula is C39H43N5O6S2. The number of phenols is 1. The zero-order chi connectivity index (χ0) is 36.2. The Bertz CT molecular complexity index is 2140. The molecule has 0 aliphatic heterocycles. The maximum atomic E-state index is 13.4. The third-order valence-electron chi connectivity index (χ3n) is 10.3. The Morgan fingerprint density at radius 1 is 1.04 bits per heavy atom. The molecule has 52 heavy (non-hydrogen) atoms. The van der Waals surface area contributed by atoms with E-state index in [4.69, 9.17) is 4.74 Å². The lowest BCUT2D eigenvalue weighted by Gasteiger charge is -2.35. The van der Waals surface area contributed by atoms with Crippen molar-refractivity contribution in [1.82, 2.24) is 24.9 Å². The number of aromatic hydroxyl groups is 1. The number of nitrogens with zero attached hydrogens (tertiary/aromatic N) is 4. The molecule has 0 unspecified atom stereocenters. The second kappa shape index (κ2) is 15.7. The fourth-order valence-electron chi connectivity index (χ4n) is 7.33. The molecule has 0 amide bonds. The number of phenolic OH excluding ortho intramolecular Hbond substituents is 1. The highest BCUT2D eigenvalue weighted by molar-refractivity contribution is 7.12. The first-order valence-electron chi connectivity index (χ1n) is 17.8. The number of esters is 1. The Hall–Kier alpha value is -4.40. The van der Waals surface area contributed by atoms with Crippen molar-refractivity contribution in [2.75, 3.05) is 13.6 Å². The van der Waals surface area contributed by atoms with Crippen LogP contribution in [0.1, 0.15) is 71.9 Å². The minimum Gasteiger partial charge on any atom is -0.506 e. The Labute approximate surface area is 309 Å². The van der Waals surface area contributed by atoms with Crippen LogP contribution < -0.4 is 5.56 Å². The number of H-pyrrole nitrogens is 1. The van der Waals surface area contributed by atoms with Gasteiger partial charge in [-0.15, -0.1) is 27.8 Å². The fraction of sp³-hybridized carbons (Fsp3) is 0.385. The van der Waals surface area contributed by atoms with Gasteiger partial charge in [0.05, 0.1) is 26.9 Å². The van der Waals surface area contributed by atoms with E-state index in [0.29, 0.717) is 38.7 Å². The standard InChI is InChI=1S/C39H43N5O6S2/c1-43(26-11-13-27(14-12-26)50-38(48)39(49,34-8-3-22-51-34)35-9-4-23-52-35)20-5-21-44-31-17-10-25(24-30(31)41-42-44)6-2-7-32(45)28-15-18-33(46)37-29(28)16-19-36(47)40-37/h3-4,8-10,15-19,22-24,26-27,32,45-46,49H,2,5-7,11-14,20-21H2,1H3,(H,40,47)/t26?,27?,32-/m0/s1. The molecule has 11 nitrogen and oxygen atoms in total. The molecule has 0 saturated heterocycles. The minimum absolute atomic E-state index is 0.0210. The van der Waals surface area contributed by atoms with E-state index in [1.54, 1.807) is 24.3 Å². The monoisotopic (exact) mass is 741 g/mol. The van der Waals surface area contributed by atoms with Crippen molar-refractivity contribution in [3.8, 4) is 5.75 Å². The summed E-state index contributed by atoms with van der Waals surface area (Å²) < 4.78 is 7.90. The van der Waals surface area contributed by atoms with Gasteiger partial charge in [0.2, 0.25) is 11.2 Å². The predicted octanol–water partition coefficient (Wildman–Crippen LogP) is 6.27. The number of carbonyl (C=O) groups excluding carboxylic acids is 1. The molecule has 4 heterocycles. The van der Waals surface area contributed by atoms with Crippen LogP contribution in [0.2, 0.25) is 0 Å². The summed E-state index contributed by atoms with van der Waals surface area (Å²) in [7, 11) is 2.15. The zero-order valence-electron chi connectivity index (χ0n) is 29.0. The summed E-state index contributed by atoms with van der Waals surface area (Å²) in [5.41, 5.74) is 1.89. The van der Waals surface area contributed by atoms with Crippen molar-refractivity contribution in [3.05, 3.63) is 109 Å². The van der Waals surface area contributed by atoms with Gasteiger partial charge in [-0.25, -0.2) is 9.48 Å². The van der Waals surface area contributed by atoms with Gasteiger partial charge >= 0.3 is 5.97 Å². The highest BCUT2D eigenvalue weighted by atomic mass is 32.1. The molecule has 0 spiro atoms. The number of carbonyl (C=O) groups is 1. The molecule has 6 aromatic rings. The minimum atomic E-state index is -1.77. The maximum Gasteiger partial charge on any atom is 0.349 e. The summed E-state index contributed by atoms with van der Waals surface area (Å²) in [5.74, 6) is -0.618. The summed E-state index contributed by atoms with van der Waals surface area (Å²) in [5, 5.41) is 45.8. The molecule has 4 N–H and O–H groups in total. The Kier molecular flexibility index (Phi) is 10.9. The molecule has 0 radical (unpaired) electrons. The molecule has 1 aliphatic carbocycles. The van der Waals surface area contributed by atoms with Crippen LogP contribution in [0.5, 0.6) is 5.75 Å². The third-order valence-corrected chi connectivity index (χ3v) is 12.2. The number of hydrogen-bond acceptors (Lipinski definition) is 11. The van der Waals surface area contributed by atoms with Crippen LogP contribution in [0.3, 0.4) is 0 Å². The number of rotatable bonds is 14. The topological polar surface area (TPSA) is 154 Å². The van der Waals surface area contributed by atoms with Gasteiger partial charge in [0.25, 0.3) is 0 Å². The molecule has 2 aromatic carbocycles. The van der Waals surface area contributed by atoms with Crippen molar-refractivity contribution in [1.29, 1.82) is 0 Å². The number of thiophene rings is 2. The van der Waals surface area contributed by atoms with Crippen LogP contribution in [0.4, 0.5) is 0 Å². The van der Waals surface area contributed by atoms with Gasteiger partial charge in [-0.05, 0) is 123 Å². The number of fused-ring (bicyclic) bond motifs is 2. The summed E-state index contributed by atoms with van der Waals surface area (Å²) in [6.07, 6.45) is 5.37. The van der Waals surface area contributed by atoms with Crippen LogP contribution in [0.25, 0.3) is 21.9 Å². The molecule has 1 saturated carbocycles. The molecule has 1 aliphatic rings. The van der Waals surface area contributed by atoms with Crippen molar-refractivity contribution >= 4 is 50.6 Å². The van der Waals surface area contributed by atoms with Crippen LogP contribution in [0.15, 0.2) is 82.3 Å². The number of nitrogens with one attached hydrogen (secondary N) is 1. The van der Waals surface area contributed by atoms with Gasteiger partial charge in [0.1, 0.15) is 17.4 Å². The largest absolute Gasteiger partial charge is 0.506 e. The van der Waals surface area contributed by atoms with Gasteiger partial charge < -0.3 is 29.9 Å². The Morgan fingerprint density at radius 2 is 1.79 bits per heavy atom. The van der Waals surface area contributed by atoms with E-state index in [0.717, 1.165) is 74.6 Å². The molecule has 7 rings (SSSR count). The number of aliphatic hydroxyl groups is 2. The highest BCUT2D eigenvalue weighted by Crippen LogP contribution is 2.38. The first-order chi connectivity index (χ1) is 25.2. The number of aromatic amines is 1. The average molecular weight is 742 g/mol. The number of aromatic nitrogens is 4. The van der Waals surface area contributed by atoms with E-state index in [2.05, 4.69) is 45.4 Å². The van der Waals surface area contributed by atoms with E-state index in [-0.39, 0.29) is 17.4 Å². The second-order valence-electron chi connectivity index (χ2n) is 13.7. The average Bonchev–Trinajstić information content (AvgIpc) is 3.96. The number of pyridine rings is 1. The van der Waals surface area contributed by atoms with Crippen molar-refractivity contribution in [2.24, 2.45) is 0 Å². The summed E-state index contributed by atoms with van der Waals surface area (Å²) in [6, 6.07) is 20.1. The van der Waals surface area contributed by atoms with E-state index >= 15 is 0 Å². The van der Waals surface area contributed by atoms with Crippen molar-refractivity contribution in [3.63, 3.8) is 0 Å². The predicted molar refractivity (Wildman–Crippen MR) is 203 cm³/mol. The van der Waals surface area contributed by atoms with E-state index in [9.17, 15) is 24.9 Å². The Morgan fingerprint density at radius 3 is 2.50 bits per heavy atom. The smallest absolute Gasteiger partial charge is 0.349 e. The number of hydrogen-bond donors (Lipinski definition) is 4. The van der Waals surface area contributed by atoms with Crippen molar-refractivity contribution in [2.45, 2.75) is 81.8 Å². The molecule has 1 fully saturated rings. The lowest BCUT2D eigenvalue weighted by molar-refractivity contribution is -0.169. The van der Waals surface area contributed by atoms with Gasteiger partial charge in [-0.3, -0.25) is 4.79 Å². The second-order valence-corrected chi connectivity index (χ2v) is 15.6. The van der Waals surface area contributed by atoms with E-state index in [1.807, 2.05) is 27.6 Å².